The second-order valence-electron chi connectivity index (χ2n) is 2.40. The van der Waals surface area contributed by atoms with Crippen LogP contribution >= 0.6 is 29.9 Å². The summed E-state index contributed by atoms with van der Waals surface area (Å²) >= 11 is 2.70. The topological polar surface area (TPSA) is 35.5 Å². The van der Waals surface area contributed by atoms with Crippen LogP contribution in [0, 0.1) is 0 Å². The van der Waals surface area contributed by atoms with Gasteiger partial charge in [-0.05, 0) is 20.1 Å². The summed E-state index contributed by atoms with van der Waals surface area (Å²) in [6.07, 6.45) is 1.94. The van der Waals surface area contributed by atoms with Crippen LogP contribution in [0.5, 0.6) is 0 Å². The Bertz CT molecular complexity index is 228. The van der Waals surface area contributed by atoms with Gasteiger partial charge in [0.25, 0.3) is 0 Å². The van der Waals surface area contributed by atoms with Crippen LogP contribution < -0.4 is 0 Å². The third-order valence-electron chi connectivity index (χ3n) is 1.24. The zero-order chi connectivity index (χ0) is 10.5. The Balaban J connectivity index is 4.58. The van der Waals surface area contributed by atoms with Crippen molar-refractivity contribution in [1.82, 2.24) is 0 Å². The Kier molecular flexibility index (Phi) is 6.42. The molecule has 0 amide bonds. The first-order chi connectivity index (χ1) is 5.99. The van der Waals surface area contributed by atoms with Gasteiger partial charge in [0, 0.05) is 25.6 Å². The van der Waals surface area contributed by atoms with E-state index in [9.17, 15) is 4.57 Å². The molecule has 13 heavy (non-hydrogen) atoms. The van der Waals surface area contributed by atoms with Crippen molar-refractivity contribution in [3.8, 4) is 0 Å². The van der Waals surface area contributed by atoms with Gasteiger partial charge in [-0.1, -0.05) is 5.57 Å². The maximum Gasteiger partial charge on any atom is 0.393 e. The summed E-state index contributed by atoms with van der Waals surface area (Å²) in [4.78, 5) is 0. The van der Waals surface area contributed by atoms with Gasteiger partial charge in [-0.15, -0.1) is 11.8 Å². The molecule has 0 unspecified atom stereocenters. The monoisotopic (exact) mass is 242 g/mol. The van der Waals surface area contributed by atoms with Crippen LogP contribution in [-0.2, 0) is 13.6 Å². The molecule has 0 bridgehead atoms. The average molecular weight is 242 g/mol. The van der Waals surface area contributed by atoms with E-state index in [1.807, 2.05) is 20.1 Å². The highest BCUT2D eigenvalue weighted by Gasteiger charge is 2.24. The fourth-order valence-corrected chi connectivity index (χ4v) is 5.07. The Hall–Kier alpha value is 0.590. The van der Waals surface area contributed by atoms with Crippen molar-refractivity contribution in [2.45, 2.75) is 13.8 Å². The molecular formula is C7H15O3PS2. The summed E-state index contributed by atoms with van der Waals surface area (Å²) in [6, 6.07) is 0. The molecule has 0 saturated heterocycles. The molecular weight excluding hydrogens is 227 g/mol. The molecule has 0 spiro atoms. The third-order valence-corrected chi connectivity index (χ3v) is 6.94. The normalized spacial score (nSPS) is 11.5. The van der Waals surface area contributed by atoms with Gasteiger partial charge in [0.1, 0.15) is 0 Å². The molecule has 0 radical (unpaired) electrons. The van der Waals surface area contributed by atoms with Gasteiger partial charge < -0.3 is 9.05 Å². The Morgan fingerprint density at radius 3 is 1.92 bits per heavy atom. The molecule has 6 heteroatoms. The van der Waals surface area contributed by atoms with E-state index in [-0.39, 0.29) is 0 Å². The highest BCUT2D eigenvalue weighted by atomic mass is 32.7. The van der Waals surface area contributed by atoms with Crippen molar-refractivity contribution < 1.29 is 13.6 Å². The van der Waals surface area contributed by atoms with Crippen molar-refractivity contribution in [2.75, 3.05) is 20.5 Å². The first kappa shape index (κ1) is 13.6. The molecule has 0 atom stereocenters. The number of hydrogen-bond acceptors (Lipinski definition) is 5. The predicted molar refractivity (Wildman–Crippen MR) is 61.1 cm³/mol. The Morgan fingerprint density at radius 1 is 1.23 bits per heavy atom. The van der Waals surface area contributed by atoms with Gasteiger partial charge >= 0.3 is 6.80 Å². The van der Waals surface area contributed by atoms with E-state index >= 15 is 0 Å². The van der Waals surface area contributed by atoms with Crippen LogP contribution in [0.1, 0.15) is 13.8 Å². The van der Waals surface area contributed by atoms with Gasteiger partial charge in [0.2, 0.25) is 0 Å². The van der Waals surface area contributed by atoms with Gasteiger partial charge in [0.05, 0.1) is 4.24 Å². The van der Waals surface area contributed by atoms with Crippen molar-refractivity contribution in [3.63, 3.8) is 0 Å². The van der Waals surface area contributed by atoms with Gasteiger partial charge in [-0.25, -0.2) is 4.57 Å². The third kappa shape index (κ3) is 4.56. The predicted octanol–water partition coefficient (Wildman–Crippen LogP) is 3.73. The molecule has 0 aliphatic rings. The van der Waals surface area contributed by atoms with Crippen LogP contribution in [0.2, 0.25) is 0 Å². The maximum absolute atomic E-state index is 11.7. The lowest BCUT2D eigenvalue weighted by molar-refractivity contribution is 0.295. The lowest BCUT2D eigenvalue weighted by Gasteiger charge is -2.14. The number of hydrogen-bond donors (Lipinski definition) is 0. The van der Waals surface area contributed by atoms with E-state index in [4.69, 9.17) is 9.05 Å². The molecule has 0 aromatic carbocycles. The SMILES string of the molecule is COP(=O)(OC)SC(SC)=C(C)C. The number of allylic oxidation sites excluding steroid dienone is 1. The molecule has 3 nitrogen and oxygen atoms in total. The average Bonchev–Trinajstić information content (AvgIpc) is 2.13. The molecule has 0 fully saturated rings. The first-order valence-corrected chi connectivity index (χ1v) is 7.80. The molecule has 0 aliphatic carbocycles. The fourth-order valence-electron chi connectivity index (χ4n) is 0.583. The molecule has 0 aromatic rings. The first-order valence-electron chi connectivity index (χ1n) is 3.61. The molecule has 0 rings (SSSR count). The molecule has 0 N–H and O–H groups in total. The molecule has 0 heterocycles. The maximum atomic E-state index is 11.7. The van der Waals surface area contributed by atoms with Crippen LogP contribution in [-0.4, -0.2) is 20.5 Å². The summed E-state index contributed by atoms with van der Waals surface area (Å²) in [7, 11) is 2.78. The van der Waals surface area contributed by atoms with E-state index in [0.29, 0.717) is 0 Å². The highest BCUT2D eigenvalue weighted by molar-refractivity contribution is 8.60. The molecule has 0 aliphatic heterocycles. The molecule has 0 saturated carbocycles. The van der Waals surface area contributed by atoms with Crippen LogP contribution in [0.3, 0.4) is 0 Å². The summed E-state index contributed by atoms with van der Waals surface area (Å²) in [5.74, 6) is 0. The van der Waals surface area contributed by atoms with Crippen molar-refractivity contribution in [2.24, 2.45) is 0 Å². The van der Waals surface area contributed by atoms with E-state index in [1.54, 1.807) is 11.8 Å². The number of rotatable bonds is 5. The minimum Gasteiger partial charge on any atom is -0.304 e. The van der Waals surface area contributed by atoms with E-state index < -0.39 is 6.80 Å². The summed E-state index contributed by atoms with van der Waals surface area (Å²) < 4.78 is 22.3. The van der Waals surface area contributed by atoms with Gasteiger partial charge in [-0.3, -0.25) is 0 Å². The van der Waals surface area contributed by atoms with E-state index in [2.05, 4.69) is 0 Å². The fraction of sp³-hybridized carbons (Fsp3) is 0.714. The Labute approximate surface area is 87.9 Å². The zero-order valence-electron chi connectivity index (χ0n) is 8.49. The van der Waals surface area contributed by atoms with Crippen LogP contribution in [0.15, 0.2) is 9.81 Å². The largest absolute Gasteiger partial charge is 0.393 e. The standard InChI is InChI=1S/C7H15O3PS2/c1-6(2)7(12-5)13-11(8,9-3)10-4/h1-5H3. The van der Waals surface area contributed by atoms with Gasteiger partial charge in [0.15, 0.2) is 0 Å². The summed E-state index contributed by atoms with van der Waals surface area (Å²) in [5, 5.41) is 0. The second-order valence-corrected chi connectivity index (χ2v) is 7.58. The van der Waals surface area contributed by atoms with Crippen LogP contribution in [0.4, 0.5) is 0 Å². The van der Waals surface area contributed by atoms with Crippen molar-refractivity contribution in [3.05, 3.63) is 9.81 Å². The lowest BCUT2D eigenvalue weighted by Crippen LogP contribution is -1.84. The number of thioether (sulfide) groups is 1. The lowest BCUT2D eigenvalue weighted by atomic mass is 10.4. The van der Waals surface area contributed by atoms with Gasteiger partial charge in [-0.2, -0.15) is 0 Å². The van der Waals surface area contributed by atoms with Crippen molar-refractivity contribution in [1.29, 1.82) is 0 Å². The molecule has 78 valence electrons. The smallest absolute Gasteiger partial charge is 0.304 e. The zero-order valence-corrected chi connectivity index (χ0v) is 11.0. The summed E-state index contributed by atoms with van der Waals surface area (Å²) in [5.41, 5.74) is 1.12. The van der Waals surface area contributed by atoms with Crippen molar-refractivity contribution >= 4 is 29.9 Å². The molecule has 0 aromatic heterocycles. The van der Waals surface area contributed by atoms with Crippen LogP contribution in [0.25, 0.3) is 0 Å². The van der Waals surface area contributed by atoms with E-state index in [1.165, 1.54) is 14.2 Å². The quantitative estimate of drug-likeness (QED) is 0.686. The Morgan fingerprint density at radius 2 is 1.69 bits per heavy atom. The van der Waals surface area contributed by atoms with E-state index in [0.717, 1.165) is 21.2 Å². The minimum absolute atomic E-state index is 0.979. The summed E-state index contributed by atoms with van der Waals surface area (Å²) in [6.45, 7) is 0.964. The second kappa shape index (κ2) is 6.14. The minimum atomic E-state index is -2.97. The highest BCUT2D eigenvalue weighted by Crippen LogP contribution is 2.64.